The molecule has 0 saturated carbocycles. The quantitative estimate of drug-likeness (QED) is 0.838. The molecule has 0 atom stereocenters. The van der Waals surface area contributed by atoms with Gasteiger partial charge in [0, 0.05) is 18.4 Å². The van der Waals surface area contributed by atoms with Crippen molar-refractivity contribution in [1.82, 2.24) is 20.1 Å². The van der Waals surface area contributed by atoms with Crippen LogP contribution in [0.1, 0.15) is 35.9 Å². The lowest BCUT2D eigenvalue weighted by molar-refractivity contribution is 0.673. The standard InChI is InChI=1S/C15H22N4/c1-5-7-16-10-14-6-8-17-15(9-14)19-13(4)11(2)12(3)18-19/h6,8-9,16H,5,7,10H2,1-4H3. The summed E-state index contributed by atoms with van der Waals surface area (Å²) in [4.78, 5) is 4.43. The van der Waals surface area contributed by atoms with Crippen LogP contribution in [-0.2, 0) is 6.54 Å². The van der Waals surface area contributed by atoms with Gasteiger partial charge in [-0.25, -0.2) is 9.67 Å². The van der Waals surface area contributed by atoms with Crippen LogP contribution in [0.3, 0.4) is 0 Å². The van der Waals surface area contributed by atoms with Crippen LogP contribution in [0.2, 0.25) is 0 Å². The fourth-order valence-corrected chi connectivity index (χ4v) is 2.04. The van der Waals surface area contributed by atoms with Crippen molar-refractivity contribution < 1.29 is 0 Å². The first-order valence-electron chi connectivity index (χ1n) is 6.82. The molecular formula is C15H22N4. The molecule has 2 aromatic rings. The van der Waals surface area contributed by atoms with Crippen molar-refractivity contribution in [3.8, 4) is 5.82 Å². The van der Waals surface area contributed by atoms with Gasteiger partial charge in [-0.05, 0) is 57.0 Å². The van der Waals surface area contributed by atoms with Crippen molar-refractivity contribution in [3.63, 3.8) is 0 Å². The molecule has 0 unspecified atom stereocenters. The first-order chi connectivity index (χ1) is 9.13. The fraction of sp³-hybridized carbons (Fsp3) is 0.467. The highest BCUT2D eigenvalue weighted by molar-refractivity contribution is 5.33. The zero-order valence-electron chi connectivity index (χ0n) is 12.2. The summed E-state index contributed by atoms with van der Waals surface area (Å²) in [5, 5.41) is 7.96. The number of hydrogen-bond acceptors (Lipinski definition) is 3. The highest BCUT2D eigenvalue weighted by atomic mass is 15.3. The van der Waals surface area contributed by atoms with Crippen LogP contribution < -0.4 is 5.32 Å². The third-order valence-corrected chi connectivity index (χ3v) is 3.44. The lowest BCUT2D eigenvalue weighted by atomic mass is 10.2. The summed E-state index contributed by atoms with van der Waals surface area (Å²) in [7, 11) is 0. The van der Waals surface area contributed by atoms with Crippen molar-refractivity contribution >= 4 is 0 Å². The smallest absolute Gasteiger partial charge is 0.153 e. The SMILES string of the molecule is CCCNCc1ccnc(-n2nc(C)c(C)c2C)c1. The molecule has 19 heavy (non-hydrogen) atoms. The molecule has 2 heterocycles. The molecule has 0 saturated heterocycles. The zero-order chi connectivity index (χ0) is 13.8. The van der Waals surface area contributed by atoms with E-state index >= 15 is 0 Å². The van der Waals surface area contributed by atoms with E-state index in [0.717, 1.165) is 36.7 Å². The molecule has 0 aliphatic rings. The van der Waals surface area contributed by atoms with Gasteiger partial charge in [0.25, 0.3) is 0 Å². The second-order valence-electron chi connectivity index (χ2n) is 4.91. The third-order valence-electron chi connectivity index (χ3n) is 3.44. The van der Waals surface area contributed by atoms with Gasteiger partial charge >= 0.3 is 0 Å². The summed E-state index contributed by atoms with van der Waals surface area (Å²) in [6.45, 7) is 10.3. The topological polar surface area (TPSA) is 42.7 Å². The number of aromatic nitrogens is 3. The Morgan fingerprint density at radius 3 is 2.68 bits per heavy atom. The lowest BCUT2D eigenvalue weighted by Crippen LogP contribution is -2.14. The monoisotopic (exact) mass is 258 g/mol. The summed E-state index contributed by atoms with van der Waals surface area (Å²) in [6.07, 6.45) is 3.00. The van der Waals surface area contributed by atoms with Gasteiger partial charge in [0.15, 0.2) is 5.82 Å². The van der Waals surface area contributed by atoms with Crippen molar-refractivity contribution in [2.24, 2.45) is 0 Å². The Labute approximate surface area is 114 Å². The van der Waals surface area contributed by atoms with Gasteiger partial charge < -0.3 is 5.32 Å². The molecule has 0 bridgehead atoms. The maximum absolute atomic E-state index is 4.55. The Balaban J connectivity index is 2.25. The molecule has 1 N–H and O–H groups in total. The Morgan fingerprint density at radius 2 is 2.05 bits per heavy atom. The number of rotatable bonds is 5. The Bertz CT molecular complexity index is 557. The van der Waals surface area contributed by atoms with Crippen LogP contribution in [0.25, 0.3) is 5.82 Å². The normalized spacial score (nSPS) is 10.9. The van der Waals surface area contributed by atoms with E-state index in [0.29, 0.717) is 0 Å². The molecule has 4 heteroatoms. The minimum Gasteiger partial charge on any atom is -0.313 e. The number of aryl methyl sites for hydroxylation is 1. The summed E-state index contributed by atoms with van der Waals surface area (Å²) in [6, 6.07) is 4.15. The van der Waals surface area contributed by atoms with E-state index in [-0.39, 0.29) is 0 Å². The first kappa shape index (κ1) is 13.7. The predicted molar refractivity (Wildman–Crippen MR) is 77.6 cm³/mol. The molecule has 0 radical (unpaired) electrons. The second-order valence-corrected chi connectivity index (χ2v) is 4.91. The van der Waals surface area contributed by atoms with Gasteiger partial charge in [-0.15, -0.1) is 0 Å². The van der Waals surface area contributed by atoms with Gasteiger partial charge in [0.1, 0.15) is 0 Å². The highest BCUT2D eigenvalue weighted by Crippen LogP contribution is 2.15. The van der Waals surface area contributed by atoms with Crippen LogP contribution in [-0.4, -0.2) is 21.3 Å². The lowest BCUT2D eigenvalue weighted by Gasteiger charge is -2.07. The maximum atomic E-state index is 4.55. The van der Waals surface area contributed by atoms with Crippen LogP contribution in [0.4, 0.5) is 0 Å². The molecule has 2 rings (SSSR count). The van der Waals surface area contributed by atoms with Gasteiger partial charge in [-0.1, -0.05) is 6.92 Å². The van der Waals surface area contributed by atoms with E-state index in [1.807, 2.05) is 23.9 Å². The Hall–Kier alpha value is -1.68. The van der Waals surface area contributed by atoms with E-state index in [9.17, 15) is 0 Å². The molecule has 0 aromatic carbocycles. The minimum absolute atomic E-state index is 0.877. The summed E-state index contributed by atoms with van der Waals surface area (Å²) < 4.78 is 1.92. The predicted octanol–water partition coefficient (Wildman–Crippen LogP) is 2.69. The Kier molecular flexibility index (Phi) is 4.32. The largest absolute Gasteiger partial charge is 0.313 e. The molecule has 0 amide bonds. The van der Waals surface area contributed by atoms with Crippen LogP contribution >= 0.6 is 0 Å². The molecule has 0 fully saturated rings. The number of nitrogens with zero attached hydrogens (tertiary/aromatic N) is 3. The third kappa shape index (κ3) is 3.01. The fourth-order valence-electron chi connectivity index (χ4n) is 2.04. The van der Waals surface area contributed by atoms with Crippen LogP contribution in [0.15, 0.2) is 18.3 Å². The molecular weight excluding hydrogens is 236 g/mol. The molecule has 4 nitrogen and oxygen atoms in total. The van der Waals surface area contributed by atoms with E-state index in [2.05, 4.69) is 42.2 Å². The van der Waals surface area contributed by atoms with E-state index < -0.39 is 0 Å². The molecule has 102 valence electrons. The second kappa shape index (κ2) is 5.97. The van der Waals surface area contributed by atoms with Crippen molar-refractivity contribution in [3.05, 3.63) is 40.8 Å². The molecule has 0 aliphatic heterocycles. The average Bonchev–Trinajstić information content (AvgIpc) is 2.67. The van der Waals surface area contributed by atoms with E-state index in [4.69, 9.17) is 0 Å². The van der Waals surface area contributed by atoms with Crippen molar-refractivity contribution in [2.45, 2.75) is 40.7 Å². The van der Waals surface area contributed by atoms with E-state index in [1.165, 1.54) is 11.1 Å². The van der Waals surface area contributed by atoms with Gasteiger partial charge in [0.05, 0.1) is 5.69 Å². The van der Waals surface area contributed by atoms with Crippen molar-refractivity contribution in [2.75, 3.05) is 6.54 Å². The summed E-state index contributed by atoms with van der Waals surface area (Å²) in [5.41, 5.74) is 4.69. The number of nitrogens with one attached hydrogen (secondary N) is 1. The number of pyridine rings is 1. The van der Waals surface area contributed by atoms with Crippen LogP contribution in [0, 0.1) is 20.8 Å². The first-order valence-corrected chi connectivity index (χ1v) is 6.82. The molecule has 0 spiro atoms. The number of hydrogen-bond donors (Lipinski definition) is 1. The van der Waals surface area contributed by atoms with Gasteiger partial charge in [-0.3, -0.25) is 0 Å². The maximum Gasteiger partial charge on any atom is 0.153 e. The average molecular weight is 258 g/mol. The Morgan fingerprint density at radius 1 is 1.26 bits per heavy atom. The molecule has 0 aliphatic carbocycles. The van der Waals surface area contributed by atoms with E-state index in [1.54, 1.807) is 0 Å². The zero-order valence-corrected chi connectivity index (χ0v) is 12.2. The minimum atomic E-state index is 0.877. The summed E-state index contributed by atoms with van der Waals surface area (Å²) in [5.74, 6) is 0.893. The van der Waals surface area contributed by atoms with Crippen molar-refractivity contribution in [1.29, 1.82) is 0 Å². The molecule has 2 aromatic heterocycles. The highest BCUT2D eigenvalue weighted by Gasteiger charge is 2.09. The van der Waals surface area contributed by atoms with Gasteiger partial charge in [-0.2, -0.15) is 5.10 Å². The van der Waals surface area contributed by atoms with Gasteiger partial charge in [0.2, 0.25) is 0 Å². The van der Waals surface area contributed by atoms with Crippen LogP contribution in [0.5, 0.6) is 0 Å². The summed E-state index contributed by atoms with van der Waals surface area (Å²) >= 11 is 0.